The number of amides is 4. The van der Waals surface area contributed by atoms with E-state index in [-0.39, 0.29) is 23.9 Å². The number of imide groups is 1. The van der Waals surface area contributed by atoms with Crippen molar-refractivity contribution in [2.45, 2.75) is 16.6 Å². The molecule has 0 radical (unpaired) electrons. The first-order chi connectivity index (χ1) is 21.8. The number of nitrogens with zero attached hydrogens (tertiary/aromatic N) is 1. The molecule has 0 bridgehead atoms. The van der Waals surface area contributed by atoms with Crippen molar-refractivity contribution in [2.75, 3.05) is 24.4 Å². The van der Waals surface area contributed by atoms with E-state index in [2.05, 4.69) is 33.2 Å². The summed E-state index contributed by atoms with van der Waals surface area (Å²) in [6.45, 7) is 0. The third-order valence-electron chi connectivity index (χ3n) is 6.82. The summed E-state index contributed by atoms with van der Waals surface area (Å²) in [5.74, 6) is -0.742. The largest absolute Gasteiger partial charge is 0.493 e. The van der Waals surface area contributed by atoms with Crippen LogP contribution in [-0.2, 0) is 14.4 Å². The molecule has 0 aromatic heterocycles. The molecular formula is C34H28IN3O6S. The number of anilines is 2. The zero-order chi connectivity index (χ0) is 31.9. The van der Waals surface area contributed by atoms with Crippen LogP contribution in [0.4, 0.5) is 11.4 Å². The minimum Gasteiger partial charge on any atom is -0.493 e. The van der Waals surface area contributed by atoms with Gasteiger partial charge in [-0.2, -0.15) is 0 Å². The second-order valence-electron chi connectivity index (χ2n) is 9.80. The minimum absolute atomic E-state index is 0.0295. The van der Waals surface area contributed by atoms with Crippen LogP contribution in [0.3, 0.4) is 0 Å². The average molecular weight is 734 g/mol. The fraction of sp³-hybridized carbons (Fsp3) is 0.118. The smallest absolute Gasteiger partial charge is 0.272 e. The molecule has 4 aromatic rings. The predicted octanol–water partition coefficient (Wildman–Crippen LogP) is 6.14. The third kappa shape index (κ3) is 7.55. The highest BCUT2D eigenvalue weighted by Crippen LogP contribution is 2.35. The average Bonchev–Trinajstić information content (AvgIpc) is 3.33. The number of nitrogens with one attached hydrogen (secondary N) is 2. The number of halogens is 1. The lowest BCUT2D eigenvalue weighted by atomic mass is 10.1. The summed E-state index contributed by atoms with van der Waals surface area (Å²) in [4.78, 5) is 54.6. The summed E-state index contributed by atoms with van der Waals surface area (Å²) in [6, 6.07) is 27.9. The van der Waals surface area contributed by atoms with E-state index < -0.39 is 17.1 Å². The Balaban J connectivity index is 1.37. The Labute approximate surface area is 278 Å². The van der Waals surface area contributed by atoms with Gasteiger partial charge in [-0.05, 0) is 89.3 Å². The Morgan fingerprint density at radius 3 is 2.36 bits per heavy atom. The van der Waals surface area contributed by atoms with Crippen molar-refractivity contribution in [2.24, 2.45) is 0 Å². The van der Waals surface area contributed by atoms with Crippen LogP contribution in [0.1, 0.15) is 22.3 Å². The van der Waals surface area contributed by atoms with Crippen molar-refractivity contribution < 1.29 is 28.7 Å². The Bertz CT molecular complexity index is 1780. The number of carbonyl (C=O) groups is 4. The Morgan fingerprint density at radius 1 is 0.911 bits per heavy atom. The Hall–Kier alpha value is -4.62. The molecule has 9 nitrogen and oxygen atoms in total. The summed E-state index contributed by atoms with van der Waals surface area (Å²) in [7, 11) is 3.00. The van der Waals surface area contributed by atoms with Gasteiger partial charge in [-0.3, -0.25) is 19.2 Å². The predicted molar refractivity (Wildman–Crippen MR) is 182 cm³/mol. The number of carbonyl (C=O) groups excluding carboxylic acids is 4. The highest BCUT2D eigenvalue weighted by Gasteiger charge is 2.40. The summed E-state index contributed by atoms with van der Waals surface area (Å²) >= 11 is 3.42. The van der Waals surface area contributed by atoms with Crippen LogP contribution in [0, 0.1) is 3.57 Å². The minimum atomic E-state index is -0.608. The van der Waals surface area contributed by atoms with Crippen LogP contribution in [0.5, 0.6) is 11.5 Å². The molecule has 1 fully saturated rings. The monoisotopic (exact) mass is 733 g/mol. The summed E-state index contributed by atoms with van der Waals surface area (Å²) in [5.41, 5.74) is 1.84. The lowest BCUT2D eigenvalue weighted by Crippen LogP contribution is -2.31. The summed E-state index contributed by atoms with van der Waals surface area (Å²) in [6.07, 6.45) is 1.57. The second-order valence-corrected chi connectivity index (χ2v) is 12.3. The molecule has 1 aliphatic heterocycles. The first-order valence-corrected chi connectivity index (χ1v) is 15.7. The Kier molecular flexibility index (Phi) is 10.2. The molecule has 1 saturated heterocycles. The van der Waals surface area contributed by atoms with Gasteiger partial charge < -0.3 is 20.1 Å². The molecule has 2 N–H and O–H groups in total. The second kappa shape index (κ2) is 14.4. The highest BCUT2D eigenvalue weighted by atomic mass is 127. The fourth-order valence-corrected chi connectivity index (χ4v) is 6.16. The van der Waals surface area contributed by atoms with E-state index in [1.807, 2.05) is 12.1 Å². The normalized spacial score (nSPS) is 14.7. The number of para-hydroxylation sites is 1. The van der Waals surface area contributed by atoms with E-state index in [0.717, 1.165) is 3.57 Å². The number of hydrogen-bond acceptors (Lipinski definition) is 7. The van der Waals surface area contributed by atoms with Gasteiger partial charge in [0.15, 0.2) is 11.5 Å². The molecule has 4 aromatic carbocycles. The van der Waals surface area contributed by atoms with Crippen molar-refractivity contribution >= 4 is 75.4 Å². The van der Waals surface area contributed by atoms with E-state index in [9.17, 15) is 19.2 Å². The van der Waals surface area contributed by atoms with Gasteiger partial charge in [0, 0.05) is 31.7 Å². The van der Waals surface area contributed by atoms with Crippen LogP contribution in [0.2, 0.25) is 0 Å². The molecule has 0 unspecified atom stereocenters. The van der Waals surface area contributed by atoms with E-state index >= 15 is 0 Å². The maximum atomic E-state index is 13.6. The van der Waals surface area contributed by atoms with E-state index in [4.69, 9.17) is 9.47 Å². The lowest BCUT2D eigenvalue weighted by Gasteiger charge is -2.15. The van der Waals surface area contributed by atoms with Crippen LogP contribution in [-0.4, -0.2) is 43.1 Å². The quantitative estimate of drug-likeness (QED) is 0.114. The van der Waals surface area contributed by atoms with E-state index in [1.54, 1.807) is 84.9 Å². The maximum absolute atomic E-state index is 13.6. The fourth-order valence-electron chi connectivity index (χ4n) is 4.69. The topological polar surface area (TPSA) is 114 Å². The molecule has 228 valence electrons. The SMILES string of the molecule is COc1cccc(/C=C(\NC(=O)c2ccccc2)C(=O)Nc2cccc(S[C@H]3CC(=O)N(c4ccc(I)cc4)C3=O)c2)c1OC. The molecule has 0 aliphatic carbocycles. The van der Waals surface area contributed by atoms with E-state index in [0.29, 0.717) is 38.9 Å². The number of thioether (sulfide) groups is 1. The number of rotatable bonds is 10. The number of methoxy groups -OCH3 is 2. The van der Waals surface area contributed by atoms with Gasteiger partial charge >= 0.3 is 0 Å². The maximum Gasteiger partial charge on any atom is 0.272 e. The molecular weight excluding hydrogens is 705 g/mol. The number of ether oxygens (including phenoxy) is 2. The Morgan fingerprint density at radius 2 is 1.64 bits per heavy atom. The van der Waals surface area contributed by atoms with Gasteiger partial charge in [0.05, 0.1) is 25.2 Å². The zero-order valence-electron chi connectivity index (χ0n) is 24.3. The highest BCUT2D eigenvalue weighted by molar-refractivity contribution is 14.1. The first kappa shape index (κ1) is 31.8. The van der Waals surface area contributed by atoms with Crippen molar-refractivity contribution in [3.63, 3.8) is 0 Å². The molecule has 5 rings (SSSR count). The number of benzene rings is 4. The van der Waals surface area contributed by atoms with Crippen molar-refractivity contribution in [3.05, 3.63) is 117 Å². The van der Waals surface area contributed by atoms with E-state index in [1.165, 1.54) is 37.0 Å². The van der Waals surface area contributed by atoms with Crippen LogP contribution >= 0.6 is 34.4 Å². The van der Waals surface area contributed by atoms with Crippen LogP contribution in [0.25, 0.3) is 6.08 Å². The summed E-state index contributed by atoms with van der Waals surface area (Å²) < 4.78 is 11.9. The van der Waals surface area contributed by atoms with Crippen molar-refractivity contribution in [1.82, 2.24) is 5.32 Å². The molecule has 4 amide bonds. The first-order valence-electron chi connectivity index (χ1n) is 13.8. The van der Waals surface area contributed by atoms with Crippen molar-refractivity contribution in [1.29, 1.82) is 0 Å². The molecule has 1 heterocycles. The third-order valence-corrected chi connectivity index (χ3v) is 8.72. The van der Waals surface area contributed by atoms with Gasteiger partial charge in [0.25, 0.3) is 11.8 Å². The van der Waals surface area contributed by atoms with Gasteiger partial charge in [-0.25, -0.2) is 4.90 Å². The van der Waals surface area contributed by atoms with Gasteiger partial charge in [-0.1, -0.05) is 36.4 Å². The zero-order valence-corrected chi connectivity index (χ0v) is 27.3. The van der Waals surface area contributed by atoms with Crippen LogP contribution < -0.4 is 25.0 Å². The molecule has 0 saturated carbocycles. The standard InChI is InChI=1S/C34H28IN3O6S/c1-43-28-13-6-10-22(31(28)44-2)18-27(37-32(40)21-8-4-3-5-9-21)33(41)36-24-11-7-12-26(19-24)45-29-20-30(39)38(34(29)42)25-16-14-23(35)15-17-25/h3-19,29H,20H2,1-2H3,(H,36,41)(H,37,40)/b27-18-/t29-/m0/s1. The molecule has 1 atom stereocenters. The van der Waals surface area contributed by atoms with Crippen LogP contribution in [0.15, 0.2) is 108 Å². The molecule has 1 aliphatic rings. The summed E-state index contributed by atoms with van der Waals surface area (Å²) in [5, 5.41) is 4.95. The number of hydrogen-bond donors (Lipinski definition) is 2. The lowest BCUT2D eigenvalue weighted by molar-refractivity contribution is -0.121. The van der Waals surface area contributed by atoms with Gasteiger partial charge in [0.2, 0.25) is 11.8 Å². The van der Waals surface area contributed by atoms with Gasteiger partial charge in [-0.15, -0.1) is 11.8 Å². The molecule has 0 spiro atoms. The molecule has 45 heavy (non-hydrogen) atoms. The van der Waals surface area contributed by atoms with Gasteiger partial charge in [0.1, 0.15) is 5.70 Å². The molecule has 11 heteroatoms. The van der Waals surface area contributed by atoms with Crippen molar-refractivity contribution in [3.8, 4) is 11.5 Å².